The molecular weight excluding hydrogens is 299 g/mol. The van der Waals surface area contributed by atoms with E-state index in [1.807, 2.05) is 4.90 Å². The lowest BCUT2D eigenvalue weighted by Crippen LogP contribution is -2.37. The van der Waals surface area contributed by atoms with Crippen LogP contribution in [0.4, 0.5) is 19.0 Å². The Morgan fingerprint density at radius 2 is 2.05 bits per heavy atom. The number of aromatic nitrogens is 2. The van der Waals surface area contributed by atoms with Crippen LogP contribution in [0.2, 0.25) is 0 Å². The topological polar surface area (TPSA) is 55.3 Å². The number of rotatable bonds is 4. The highest BCUT2D eigenvalue weighted by Crippen LogP contribution is 2.25. The van der Waals surface area contributed by atoms with Gasteiger partial charge in [0, 0.05) is 19.2 Å². The molecule has 0 amide bonds. The molecule has 1 aliphatic rings. The Balaban J connectivity index is 1.96. The summed E-state index contributed by atoms with van der Waals surface area (Å²) in [6.07, 6.45) is -2.99. The number of piperidine rings is 1. The molecule has 0 aliphatic carbocycles. The first-order valence-electron chi connectivity index (χ1n) is 7.18. The van der Waals surface area contributed by atoms with E-state index in [4.69, 9.17) is 4.74 Å². The molecule has 1 aromatic heterocycles. The Hall–Kier alpha value is -1.86. The Bertz CT molecular complexity index is 514. The van der Waals surface area contributed by atoms with Crippen molar-refractivity contribution >= 4 is 11.8 Å². The van der Waals surface area contributed by atoms with Crippen molar-refractivity contribution in [3.63, 3.8) is 0 Å². The van der Waals surface area contributed by atoms with Crippen LogP contribution in [0.1, 0.15) is 25.5 Å². The van der Waals surface area contributed by atoms with Gasteiger partial charge in [0.2, 0.25) is 0 Å². The van der Waals surface area contributed by atoms with Crippen LogP contribution in [-0.2, 0) is 16.0 Å². The van der Waals surface area contributed by atoms with Crippen LogP contribution in [0.5, 0.6) is 0 Å². The van der Waals surface area contributed by atoms with Crippen LogP contribution >= 0.6 is 0 Å². The highest BCUT2D eigenvalue weighted by molar-refractivity contribution is 5.72. The van der Waals surface area contributed by atoms with Gasteiger partial charge in [0.15, 0.2) is 0 Å². The number of ether oxygens (including phenoxy) is 1. The molecule has 0 saturated carbocycles. The maximum Gasteiger partial charge on any atom is 0.394 e. The fourth-order valence-corrected chi connectivity index (χ4v) is 2.47. The highest BCUT2D eigenvalue weighted by atomic mass is 19.4. The van der Waals surface area contributed by atoms with E-state index in [-0.39, 0.29) is 17.6 Å². The van der Waals surface area contributed by atoms with Crippen LogP contribution in [0.3, 0.4) is 0 Å². The number of esters is 1. The molecule has 1 saturated heterocycles. The summed E-state index contributed by atoms with van der Waals surface area (Å²) < 4.78 is 42.2. The van der Waals surface area contributed by atoms with E-state index in [9.17, 15) is 18.0 Å². The van der Waals surface area contributed by atoms with Crippen LogP contribution in [0.15, 0.2) is 12.4 Å². The van der Waals surface area contributed by atoms with E-state index in [0.717, 1.165) is 6.33 Å². The molecule has 0 bridgehead atoms. The molecule has 122 valence electrons. The summed E-state index contributed by atoms with van der Waals surface area (Å²) in [4.78, 5) is 21.2. The molecule has 22 heavy (non-hydrogen) atoms. The third-order valence-corrected chi connectivity index (χ3v) is 3.53. The fraction of sp³-hybridized carbons (Fsp3) is 0.643. The van der Waals surface area contributed by atoms with Crippen LogP contribution in [-0.4, -0.2) is 41.8 Å². The standard InChI is InChI=1S/C14H18F3N3O2/c1-2-22-13(21)10-3-5-20(6-4-10)12-7-11(18-9-19-12)8-14(15,16)17/h7,9-10H,2-6,8H2,1H3. The van der Waals surface area contributed by atoms with Crippen molar-refractivity contribution < 1.29 is 22.7 Å². The minimum Gasteiger partial charge on any atom is -0.466 e. The molecule has 0 atom stereocenters. The molecule has 0 unspecified atom stereocenters. The first kappa shape index (κ1) is 16.5. The summed E-state index contributed by atoms with van der Waals surface area (Å²) in [5, 5.41) is 0. The lowest BCUT2D eigenvalue weighted by Gasteiger charge is -2.31. The average Bonchev–Trinajstić information content (AvgIpc) is 2.46. The normalized spacial score (nSPS) is 16.6. The molecule has 1 aromatic rings. The van der Waals surface area contributed by atoms with Gasteiger partial charge in [-0.15, -0.1) is 0 Å². The number of hydrogen-bond donors (Lipinski definition) is 0. The van der Waals surface area contributed by atoms with Crippen molar-refractivity contribution in [3.8, 4) is 0 Å². The first-order valence-corrected chi connectivity index (χ1v) is 7.18. The molecule has 1 aliphatic heterocycles. The van der Waals surface area contributed by atoms with Gasteiger partial charge < -0.3 is 9.64 Å². The van der Waals surface area contributed by atoms with E-state index in [1.54, 1.807) is 6.92 Å². The number of carbonyl (C=O) groups excluding carboxylic acids is 1. The predicted octanol–water partition coefficient (Wildman–Crippen LogP) is 2.36. The average molecular weight is 317 g/mol. The Labute approximate surface area is 126 Å². The number of nitrogens with zero attached hydrogens (tertiary/aromatic N) is 3. The van der Waals surface area contributed by atoms with Gasteiger partial charge in [-0.2, -0.15) is 13.2 Å². The largest absolute Gasteiger partial charge is 0.466 e. The third kappa shape index (κ3) is 4.57. The monoisotopic (exact) mass is 317 g/mol. The molecule has 0 spiro atoms. The second-order valence-corrected chi connectivity index (χ2v) is 5.17. The molecule has 0 radical (unpaired) electrons. The summed E-state index contributed by atoms with van der Waals surface area (Å²) in [7, 11) is 0. The van der Waals surface area contributed by atoms with Gasteiger partial charge in [0.05, 0.1) is 24.6 Å². The Morgan fingerprint density at radius 3 is 2.64 bits per heavy atom. The van der Waals surface area contributed by atoms with Crippen LogP contribution in [0.25, 0.3) is 0 Å². The van der Waals surface area contributed by atoms with Crippen molar-refractivity contribution in [1.82, 2.24) is 9.97 Å². The summed E-state index contributed by atoms with van der Waals surface area (Å²) in [5.74, 6) is 0.117. The van der Waals surface area contributed by atoms with E-state index < -0.39 is 12.6 Å². The zero-order valence-corrected chi connectivity index (χ0v) is 12.3. The zero-order chi connectivity index (χ0) is 16.2. The number of alkyl halides is 3. The van der Waals surface area contributed by atoms with E-state index in [1.165, 1.54) is 6.07 Å². The van der Waals surface area contributed by atoms with Gasteiger partial charge >= 0.3 is 12.1 Å². The number of halogens is 3. The SMILES string of the molecule is CCOC(=O)C1CCN(c2cc(CC(F)(F)F)ncn2)CC1. The number of anilines is 1. The van der Waals surface area contributed by atoms with E-state index >= 15 is 0 Å². The minimum atomic E-state index is -4.29. The van der Waals surface area contributed by atoms with Crippen molar-refractivity contribution in [2.24, 2.45) is 5.92 Å². The first-order chi connectivity index (χ1) is 10.4. The summed E-state index contributed by atoms with van der Waals surface area (Å²) in [5.41, 5.74) is -0.0509. The van der Waals surface area contributed by atoms with Crippen LogP contribution in [0, 0.1) is 5.92 Å². The quantitative estimate of drug-likeness (QED) is 0.798. The summed E-state index contributed by atoms with van der Waals surface area (Å²) in [6.45, 7) is 3.24. The second kappa shape index (κ2) is 6.93. The number of hydrogen-bond acceptors (Lipinski definition) is 5. The van der Waals surface area contributed by atoms with Gasteiger partial charge in [-0.3, -0.25) is 4.79 Å². The molecule has 0 aromatic carbocycles. The highest BCUT2D eigenvalue weighted by Gasteiger charge is 2.30. The van der Waals surface area contributed by atoms with Crippen molar-refractivity contribution in [2.45, 2.75) is 32.4 Å². The summed E-state index contributed by atoms with van der Waals surface area (Å²) >= 11 is 0. The minimum absolute atomic E-state index is 0.0509. The van der Waals surface area contributed by atoms with Crippen molar-refractivity contribution in [2.75, 3.05) is 24.6 Å². The smallest absolute Gasteiger partial charge is 0.394 e. The van der Waals surface area contributed by atoms with Crippen LogP contribution < -0.4 is 4.90 Å². The molecule has 8 heteroatoms. The van der Waals surface area contributed by atoms with Gasteiger partial charge in [0.25, 0.3) is 0 Å². The molecule has 1 fully saturated rings. The number of carbonyl (C=O) groups is 1. The lowest BCUT2D eigenvalue weighted by atomic mass is 9.97. The fourth-order valence-electron chi connectivity index (χ4n) is 2.47. The Kier molecular flexibility index (Phi) is 5.20. The molecule has 2 rings (SSSR count). The van der Waals surface area contributed by atoms with Crippen molar-refractivity contribution in [1.29, 1.82) is 0 Å². The lowest BCUT2D eigenvalue weighted by molar-refractivity contribution is -0.148. The Morgan fingerprint density at radius 1 is 1.36 bits per heavy atom. The maximum atomic E-state index is 12.4. The predicted molar refractivity (Wildman–Crippen MR) is 73.4 cm³/mol. The third-order valence-electron chi connectivity index (χ3n) is 3.53. The molecule has 5 nitrogen and oxygen atoms in total. The van der Waals surface area contributed by atoms with Gasteiger partial charge in [-0.1, -0.05) is 0 Å². The maximum absolute atomic E-state index is 12.4. The van der Waals surface area contributed by atoms with Gasteiger partial charge in [-0.25, -0.2) is 9.97 Å². The van der Waals surface area contributed by atoms with Crippen molar-refractivity contribution in [3.05, 3.63) is 18.1 Å². The zero-order valence-electron chi connectivity index (χ0n) is 12.3. The molecular formula is C14H18F3N3O2. The molecule has 2 heterocycles. The molecule has 0 N–H and O–H groups in total. The van der Waals surface area contributed by atoms with Gasteiger partial charge in [-0.05, 0) is 19.8 Å². The van der Waals surface area contributed by atoms with Gasteiger partial charge in [0.1, 0.15) is 12.1 Å². The van der Waals surface area contributed by atoms with E-state index in [2.05, 4.69) is 9.97 Å². The van der Waals surface area contributed by atoms with E-state index in [0.29, 0.717) is 38.4 Å². The second-order valence-electron chi connectivity index (χ2n) is 5.17. The summed E-state index contributed by atoms with van der Waals surface area (Å²) in [6, 6.07) is 1.36.